The van der Waals surface area contributed by atoms with E-state index in [-0.39, 0.29) is 5.91 Å². The third-order valence-electron chi connectivity index (χ3n) is 8.03. The molecule has 158 valence electrons. The summed E-state index contributed by atoms with van der Waals surface area (Å²) < 4.78 is 5.94. The van der Waals surface area contributed by atoms with Crippen LogP contribution in [-0.2, 0) is 10.2 Å². The molecule has 4 fully saturated rings. The molecule has 6 rings (SSSR count). The van der Waals surface area contributed by atoms with Crippen molar-refractivity contribution in [2.45, 2.75) is 70.8 Å². The van der Waals surface area contributed by atoms with Crippen LogP contribution >= 0.6 is 0 Å². The zero-order valence-electron chi connectivity index (χ0n) is 18.4. The van der Waals surface area contributed by atoms with Crippen LogP contribution in [0.1, 0.15) is 62.1 Å². The highest BCUT2D eigenvalue weighted by Crippen LogP contribution is 2.60. The highest BCUT2D eigenvalue weighted by molar-refractivity contribution is 5.94. The van der Waals surface area contributed by atoms with Crippen molar-refractivity contribution >= 4 is 11.6 Å². The number of carbonyl (C=O) groups excluding carboxylic acids is 1. The quantitative estimate of drug-likeness (QED) is 0.647. The second-order valence-electron chi connectivity index (χ2n) is 10.2. The van der Waals surface area contributed by atoms with Crippen molar-refractivity contribution in [1.29, 1.82) is 0 Å². The van der Waals surface area contributed by atoms with E-state index >= 15 is 0 Å². The van der Waals surface area contributed by atoms with E-state index in [0.717, 1.165) is 34.8 Å². The van der Waals surface area contributed by atoms with Gasteiger partial charge < -0.3 is 10.1 Å². The molecule has 0 aromatic heterocycles. The minimum atomic E-state index is -0.548. The van der Waals surface area contributed by atoms with Crippen molar-refractivity contribution in [3.05, 3.63) is 59.2 Å². The highest BCUT2D eigenvalue weighted by atomic mass is 16.5. The molecule has 3 heteroatoms. The molecular weight excluding hydrogens is 370 g/mol. The average molecular weight is 404 g/mol. The Labute approximate surface area is 180 Å². The van der Waals surface area contributed by atoms with Gasteiger partial charge in [-0.3, -0.25) is 4.79 Å². The first kappa shape index (κ1) is 19.7. The van der Waals surface area contributed by atoms with Crippen molar-refractivity contribution in [2.75, 3.05) is 5.32 Å². The molecule has 0 saturated heterocycles. The fourth-order valence-electron chi connectivity index (χ4n) is 6.71. The maximum Gasteiger partial charge on any atom is 0.265 e. The van der Waals surface area contributed by atoms with Crippen LogP contribution in [0.4, 0.5) is 5.69 Å². The van der Waals surface area contributed by atoms with E-state index in [1.807, 2.05) is 19.1 Å². The van der Waals surface area contributed by atoms with Gasteiger partial charge in [0, 0.05) is 5.69 Å². The van der Waals surface area contributed by atoms with Gasteiger partial charge in [-0.2, -0.15) is 0 Å². The summed E-state index contributed by atoms with van der Waals surface area (Å²) in [6.45, 7) is 5.89. The number of anilines is 1. The Morgan fingerprint density at radius 1 is 0.967 bits per heavy atom. The largest absolute Gasteiger partial charge is 0.481 e. The summed E-state index contributed by atoms with van der Waals surface area (Å²) in [4.78, 5) is 12.7. The first-order valence-corrected chi connectivity index (χ1v) is 11.6. The van der Waals surface area contributed by atoms with Crippen LogP contribution in [0.25, 0.3) is 0 Å². The van der Waals surface area contributed by atoms with Gasteiger partial charge in [-0.05, 0) is 117 Å². The number of aryl methyl sites for hydroxylation is 1. The maximum absolute atomic E-state index is 12.7. The van der Waals surface area contributed by atoms with Crippen LogP contribution < -0.4 is 10.1 Å². The SMILES string of the molecule is Cc1cccc(O[C@@H](C)C(=O)Nc2ccc(C34CC5CC(CC(C5)C3)C4)cc2)c1C. The van der Waals surface area contributed by atoms with Gasteiger partial charge in [-0.15, -0.1) is 0 Å². The zero-order chi connectivity index (χ0) is 20.9. The molecule has 0 radical (unpaired) electrons. The Hall–Kier alpha value is -2.29. The van der Waals surface area contributed by atoms with E-state index in [1.54, 1.807) is 6.92 Å². The molecule has 0 aliphatic heterocycles. The van der Waals surface area contributed by atoms with Crippen LogP contribution in [0, 0.1) is 31.6 Å². The molecule has 4 bridgehead atoms. The predicted molar refractivity (Wildman–Crippen MR) is 121 cm³/mol. The minimum absolute atomic E-state index is 0.113. The topological polar surface area (TPSA) is 38.3 Å². The molecule has 0 heterocycles. The lowest BCUT2D eigenvalue weighted by atomic mass is 9.48. The second kappa shape index (κ2) is 7.44. The molecule has 1 amide bonds. The number of hydrogen-bond acceptors (Lipinski definition) is 2. The predicted octanol–water partition coefficient (Wildman–Crippen LogP) is 6.18. The van der Waals surface area contributed by atoms with Crippen molar-refractivity contribution in [3.63, 3.8) is 0 Å². The number of benzene rings is 2. The number of amides is 1. The molecule has 2 aromatic rings. The highest BCUT2D eigenvalue weighted by Gasteiger charge is 2.51. The number of hydrogen-bond donors (Lipinski definition) is 1. The van der Waals surface area contributed by atoms with E-state index < -0.39 is 6.10 Å². The van der Waals surface area contributed by atoms with Gasteiger partial charge in [0.1, 0.15) is 5.75 Å². The molecule has 4 aliphatic carbocycles. The van der Waals surface area contributed by atoms with Crippen LogP contribution in [-0.4, -0.2) is 12.0 Å². The van der Waals surface area contributed by atoms with Crippen LogP contribution in [0.15, 0.2) is 42.5 Å². The average Bonchev–Trinajstić information content (AvgIpc) is 2.71. The standard InChI is InChI=1S/C27H33NO2/c1-17-5-4-6-25(18(17)2)30-19(3)26(29)28-24-9-7-23(8-10-24)27-14-20-11-21(15-27)13-22(12-20)16-27/h4-10,19-22H,11-16H2,1-3H3,(H,28,29)/t19-,20?,21?,22?,27?/m0/s1. The van der Waals surface area contributed by atoms with Crippen molar-refractivity contribution in [1.82, 2.24) is 0 Å². The molecule has 3 nitrogen and oxygen atoms in total. The summed E-state index contributed by atoms with van der Waals surface area (Å²) in [6.07, 6.45) is 7.94. The minimum Gasteiger partial charge on any atom is -0.481 e. The summed E-state index contributed by atoms with van der Waals surface area (Å²) >= 11 is 0. The Morgan fingerprint density at radius 3 is 2.17 bits per heavy atom. The zero-order valence-corrected chi connectivity index (χ0v) is 18.4. The molecule has 0 unspecified atom stereocenters. The summed E-state index contributed by atoms with van der Waals surface area (Å²) in [5, 5.41) is 3.03. The fourth-order valence-corrected chi connectivity index (χ4v) is 6.71. The third kappa shape index (κ3) is 3.53. The first-order chi connectivity index (χ1) is 14.4. The van der Waals surface area contributed by atoms with Gasteiger partial charge in [-0.1, -0.05) is 24.3 Å². The normalized spacial score (nSPS) is 30.2. The Balaban J connectivity index is 1.25. The van der Waals surface area contributed by atoms with Gasteiger partial charge in [0.15, 0.2) is 6.10 Å². The molecule has 0 spiro atoms. The lowest BCUT2D eigenvalue weighted by Gasteiger charge is -2.57. The fraction of sp³-hybridized carbons (Fsp3) is 0.519. The third-order valence-corrected chi connectivity index (χ3v) is 8.03. The Bertz CT molecular complexity index is 911. The van der Waals surface area contributed by atoms with Crippen LogP contribution in [0.2, 0.25) is 0 Å². The van der Waals surface area contributed by atoms with Gasteiger partial charge in [-0.25, -0.2) is 0 Å². The van der Waals surface area contributed by atoms with E-state index in [1.165, 1.54) is 49.7 Å². The van der Waals surface area contributed by atoms with Crippen molar-refractivity contribution in [2.24, 2.45) is 17.8 Å². The molecule has 1 N–H and O–H groups in total. The lowest BCUT2D eigenvalue weighted by molar-refractivity contribution is -0.122. The maximum atomic E-state index is 12.7. The van der Waals surface area contributed by atoms with Gasteiger partial charge in [0.05, 0.1) is 0 Å². The number of carbonyl (C=O) groups is 1. The molecule has 30 heavy (non-hydrogen) atoms. The number of nitrogens with one attached hydrogen (secondary N) is 1. The Kier molecular flexibility index (Phi) is 4.88. The summed E-state index contributed by atoms with van der Waals surface area (Å²) in [6, 6.07) is 14.6. The van der Waals surface area contributed by atoms with Gasteiger partial charge >= 0.3 is 0 Å². The van der Waals surface area contributed by atoms with Crippen molar-refractivity contribution < 1.29 is 9.53 Å². The van der Waals surface area contributed by atoms with E-state index in [9.17, 15) is 4.79 Å². The Morgan fingerprint density at radius 2 is 1.57 bits per heavy atom. The van der Waals surface area contributed by atoms with Gasteiger partial charge in [0.25, 0.3) is 5.91 Å². The van der Waals surface area contributed by atoms with E-state index in [2.05, 4.69) is 42.6 Å². The van der Waals surface area contributed by atoms with Crippen LogP contribution in [0.3, 0.4) is 0 Å². The summed E-state index contributed by atoms with van der Waals surface area (Å²) in [5.74, 6) is 3.49. The summed E-state index contributed by atoms with van der Waals surface area (Å²) in [7, 11) is 0. The monoisotopic (exact) mass is 403 g/mol. The number of ether oxygens (including phenoxy) is 1. The first-order valence-electron chi connectivity index (χ1n) is 11.6. The smallest absolute Gasteiger partial charge is 0.265 e. The second-order valence-corrected chi connectivity index (χ2v) is 10.2. The van der Waals surface area contributed by atoms with E-state index in [0.29, 0.717) is 5.41 Å². The molecule has 4 aliphatic rings. The van der Waals surface area contributed by atoms with Crippen LogP contribution in [0.5, 0.6) is 5.75 Å². The molecular formula is C27H33NO2. The molecule has 2 aromatic carbocycles. The number of rotatable bonds is 5. The molecule has 4 saturated carbocycles. The lowest BCUT2D eigenvalue weighted by Crippen LogP contribution is -2.48. The summed E-state index contributed by atoms with van der Waals surface area (Å²) in [5.41, 5.74) is 4.98. The van der Waals surface area contributed by atoms with Gasteiger partial charge in [0.2, 0.25) is 0 Å². The van der Waals surface area contributed by atoms with E-state index in [4.69, 9.17) is 4.74 Å². The van der Waals surface area contributed by atoms with Crippen molar-refractivity contribution in [3.8, 4) is 5.75 Å². The molecule has 1 atom stereocenters.